The van der Waals surface area contributed by atoms with Crippen LogP contribution < -0.4 is 4.74 Å². The molecular weight excluding hydrogens is 290 g/mol. The van der Waals surface area contributed by atoms with Gasteiger partial charge in [-0.05, 0) is 35.9 Å². The third-order valence-corrected chi connectivity index (χ3v) is 3.51. The second kappa shape index (κ2) is 6.32. The van der Waals surface area contributed by atoms with Gasteiger partial charge in [0.05, 0.1) is 23.9 Å². The maximum absolute atomic E-state index is 11.5. The highest BCUT2D eigenvalue weighted by Gasteiger charge is 2.10. The van der Waals surface area contributed by atoms with Crippen LogP contribution in [0.15, 0.2) is 54.6 Å². The number of fused-ring (bicyclic) bond motifs is 1. The SMILES string of the molecule is COc1cccc(/C=C/c2cc(C(=O)O)c3ccccc3n2)c1. The van der Waals surface area contributed by atoms with E-state index >= 15 is 0 Å². The smallest absolute Gasteiger partial charge is 0.336 e. The molecule has 0 bridgehead atoms. The third-order valence-electron chi connectivity index (χ3n) is 3.51. The molecule has 4 heteroatoms. The van der Waals surface area contributed by atoms with Crippen LogP contribution in [0, 0.1) is 0 Å². The average Bonchev–Trinajstić information content (AvgIpc) is 2.59. The number of nitrogens with zero attached hydrogens (tertiary/aromatic N) is 1. The van der Waals surface area contributed by atoms with E-state index in [1.807, 2.05) is 48.5 Å². The molecule has 3 aromatic rings. The maximum Gasteiger partial charge on any atom is 0.336 e. The quantitative estimate of drug-likeness (QED) is 0.788. The first kappa shape index (κ1) is 14.8. The molecule has 0 atom stereocenters. The predicted molar refractivity (Wildman–Crippen MR) is 90.6 cm³/mol. The minimum absolute atomic E-state index is 0.251. The lowest BCUT2D eigenvalue weighted by Crippen LogP contribution is -2.00. The molecule has 114 valence electrons. The van der Waals surface area contributed by atoms with Crippen LogP contribution in [0.3, 0.4) is 0 Å². The number of pyridine rings is 1. The molecule has 0 saturated heterocycles. The largest absolute Gasteiger partial charge is 0.497 e. The predicted octanol–water partition coefficient (Wildman–Crippen LogP) is 4.11. The van der Waals surface area contributed by atoms with Gasteiger partial charge in [-0.2, -0.15) is 0 Å². The number of carboxylic acids is 1. The van der Waals surface area contributed by atoms with E-state index in [0.717, 1.165) is 11.3 Å². The molecule has 1 N–H and O–H groups in total. The Bertz CT molecular complexity index is 900. The lowest BCUT2D eigenvalue weighted by molar-refractivity contribution is 0.0699. The van der Waals surface area contributed by atoms with Crippen molar-refractivity contribution in [3.8, 4) is 5.75 Å². The zero-order valence-electron chi connectivity index (χ0n) is 12.6. The van der Waals surface area contributed by atoms with E-state index in [1.54, 1.807) is 25.3 Å². The van der Waals surface area contributed by atoms with Crippen LogP contribution in [0.25, 0.3) is 23.1 Å². The van der Waals surface area contributed by atoms with E-state index < -0.39 is 5.97 Å². The van der Waals surface area contributed by atoms with Gasteiger partial charge in [0, 0.05) is 5.39 Å². The normalized spacial score (nSPS) is 11.0. The van der Waals surface area contributed by atoms with E-state index in [-0.39, 0.29) is 5.56 Å². The number of ether oxygens (including phenoxy) is 1. The number of hydrogen-bond donors (Lipinski definition) is 1. The fourth-order valence-electron chi connectivity index (χ4n) is 2.39. The number of carbonyl (C=O) groups is 1. The minimum Gasteiger partial charge on any atom is -0.497 e. The molecule has 0 spiro atoms. The molecule has 0 unspecified atom stereocenters. The van der Waals surface area contributed by atoms with Crippen LogP contribution in [-0.2, 0) is 0 Å². The Kier molecular flexibility index (Phi) is 4.06. The van der Waals surface area contributed by atoms with E-state index in [4.69, 9.17) is 4.74 Å². The molecule has 3 rings (SSSR count). The van der Waals surface area contributed by atoms with Crippen molar-refractivity contribution in [2.24, 2.45) is 0 Å². The van der Waals surface area contributed by atoms with Gasteiger partial charge in [-0.1, -0.05) is 36.4 Å². The van der Waals surface area contributed by atoms with Crippen LogP contribution in [0.5, 0.6) is 5.75 Å². The first-order valence-electron chi connectivity index (χ1n) is 7.12. The number of rotatable bonds is 4. The zero-order valence-corrected chi connectivity index (χ0v) is 12.6. The summed E-state index contributed by atoms with van der Waals surface area (Å²) in [4.78, 5) is 16.0. The van der Waals surface area contributed by atoms with Crippen molar-refractivity contribution in [1.82, 2.24) is 4.98 Å². The van der Waals surface area contributed by atoms with Gasteiger partial charge >= 0.3 is 5.97 Å². The first-order valence-corrected chi connectivity index (χ1v) is 7.12. The summed E-state index contributed by atoms with van der Waals surface area (Å²) in [6, 6.07) is 16.4. The lowest BCUT2D eigenvalue weighted by Gasteiger charge is -2.04. The minimum atomic E-state index is -0.959. The summed E-state index contributed by atoms with van der Waals surface area (Å²) in [5, 5.41) is 10.0. The molecule has 0 radical (unpaired) electrons. The second-order valence-corrected chi connectivity index (χ2v) is 5.03. The summed E-state index contributed by atoms with van der Waals surface area (Å²) in [7, 11) is 1.62. The van der Waals surface area contributed by atoms with Gasteiger partial charge < -0.3 is 9.84 Å². The number of hydrogen-bond acceptors (Lipinski definition) is 3. The summed E-state index contributed by atoms with van der Waals surface area (Å²) >= 11 is 0. The van der Waals surface area contributed by atoms with Gasteiger partial charge in [0.1, 0.15) is 5.75 Å². The van der Waals surface area contributed by atoms with Crippen molar-refractivity contribution in [3.05, 3.63) is 71.4 Å². The monoisotopic (exact) mass is 305 g/mol. The molecule has 0 saturated carbocycles. The van der Waals surface area contributed by atoms with Gasteiger partial charge in [0.2, 0.25) is 0 Å². The number of methoxy groups -OCH3 is 1. The van der Waals surface area contributed by atoms with Crippen molar-refractivity contribution in [3.63, 3.8) is 0 Å². The molecule has 0 aliphatic rings. The number of carboxylic acid groups (broad SMARTS) is 1. The molecule has 23 heavy (non-hydrogen) atoms. The highest BCUT2D eigenvalue weighted by atomic mass is 16.5. The van der Waals surface area contributed by atoms with E-state index in [1.165, 1.54) is 0 Å². The van der Waals surface area contributed by atoms with E-state index in [0.29, 0.717) is 16.6 Å². The second-order valence-electron chi connectivity index (χ2n) is 5.03. The summed E-state index contributed by atoms with van der Waals surface area (Å²) < 4.78 is 5.19. The number of aromatic carboxylic acids is 1. The summed E-state index contributed by atoms with van der Waals surface area (Å²) in [5.74, 6) is -0.190. The average molecular weight is 305 g/mol. The number of benzene rings is 2. The third kappa shape index (κ3) is 3.21. The number of aromatic nitrogens is 1. The molecule has 2 aromatic carbocycles. The van der Waals surface area contributed by atoms with E-state index in [9.17, 15) is 9.90 Å². The molecule has 0 fully saturated rings. The van der Waals surface area contributed by atoms with Crippen molar-refractivity contribution < 1.29 is 14.6 Å². The Morgan fingerprint density at radius 1 is 1.09 bits per heavy atom. The van der Waals surface area contributed by atoms with Crippen LogP contribution in [-0.4, -0.2) is 23.2 Å². The highest BCUT2D eigenvalue weighted by Crippen LogP contribution is 2.20. The summed E-state index contributed by atoms with van der Waals surface area (Å²) in [6.07, 6.45) is 3.68. The van der Waals surface area contributed by atoms with Gasteiger partial charge in [-0.3, -0.25) is 0 Å². The molecule has 0 amide bonds. The molecule has 4 nitrogen and oxygen atoms in total. The van der Waals surface area contributed by atoms with Crippen LogP contribution in [0.1, 0.15) is 21.6 Å². The van der Waals surface area contributed by atoms with E-state index in [2.05, 4.69) is 4.98 Å². The fourth-order valence-corrected chi connectivity index (χ4v) is 2.39. The zero-order chi connectivity index (χ0) is 16.2. The molecule has 1 heterocycles. The fraction of sp³-hybridized carbons (Fsp3) is 0.0526. The molecule has 1 aromatic heterocycles. The maximum atomic E-state index is 11.5. The van der Waals surface area contributed by atoms with Crippen molar-refractivity contribution in [2.75, 3.05) is 7.11 Å². The topological polar surface area (TPSA) is 59.4 Å². The molecule has 0 aliphatic carbocycles. The van der Waals surface area contributed by atoms with Crippen molar-refractivity contribution in [1.29, 1.82) is 0 Å². The summed E-state index contributed by atoms with van der Waals surface area (Å²) in [5.41, 5.74) is 2.47. The van der Waals surface area contributed by atoms with Gasteiger partial charge in [0.25, 0.3) is 0 Å². The van der Waals surface area contributed by atoms with Crippen LogP contribution in [0.2, 0.25) is 0 Å². The van der Waals surface area contributed by atoms with Gasteiger partial charge in [-0.25, -0.2) is 9.78 Å². The standard InChI is InChI=1S/C19H15NO3/c1-23-15-6-4-5-13(11-15)9-10-14-12-17(19(21)22)16-7-2-3-8-18(16)20-14/h2-12H,1H3,(H,21,22)/b10-9+. The lowest BCUT2D eigenvalue weighted by atomic mass is 10.1. The Balaban J connectivity index is 2.02. The van der Waals surface area contributed by atoms with Crippen molar-refractivity contribution >= 4 is 29.0 Å². The Morgan fingerprint density at radius 3 is 2.70 bits per heavy atom. The highest BCUT2D eigenvalue weighted by molar-refractivity contribution is 6.03. The van der Waals surface area contributed by atoms with Crippen LogP contribution in [0.4, 0.5) is 0 Å². The molecule has 0 aliphatic heterocycles. The van der Waals surface area contributed by atoms with Gasteiger partial charge in [0.15, 0.2) is 0 Å². The summed E-state index contributed by atoms with van der Waals surface area (Å²) in [6.45, 7) is 0. The van der Waals surface area contributed by atoms with Gasteiger partial charge in [-0.15, -0.1) is 0 Å². The van der Waals surface area contributed by atoms with Crippen LogP contribution >= 0.6 is 0 Å². The Labute approximate surface area is 133 Å². The van der Waals surface area contributed by atoms with Crippen molar-refractivity contribution in [2.45, 2.75) is 0 Å². The first-order chi connectivity index (χ1) is 11.2. The molecular formula is C19H15NO3. The Hall–Kier alpha value is -3.14. The Morgan fingerprint density at radius 2 is 1.91 bits per heavy atom. The number of para-hydroxylation sites is 1.